The molecular formula is C15H19N3O. The molecule has 0 aliphatic carbocycles. The maximum atomic E-state index is 5.66. The molecule has 1 aromatic carbocycles. The van der Waals surface area contributed by atoms with Gasteiger partial charge in [0.1, 0.15) is 5.75 Å². The highest BCUT2D eigenvalue weighted by Gasteiger charge is 2.11. The summed E-state index contributed by atoms with van der Waals surface area (Å²) in [5.74, 6) is 6.39. The van der Waals surface area contributed by atoms with E-state index in [1.54, 1.807) is 19.5 Å². The molecular weight excluding hydrogens is 238 g/mol. The van der Waals surface area contributed by atoms with Gasteiger partial charge in [-0.15, -0.1) is 0 Å². The lowest BCUT2D eigenvalue weighted by Gasteiger charge is -2.16. The van der Waals surface area contributed by atoms with E-state index in [1.807, 2.05) is 6.07 Å². The fourth-order valence-corrected chi connectivity index (χ4v) is 1.97. The summed E-state index contributed by atoms with van der Waals surface area (Å²) in [7, 11) is 1.63. The molecule has 0 amide bonds. The van der Waals surface area contributed by atoms with Crippen LogP contribution >= 0.6 is 0 Å². The first-order valence-corrected chi connectivity index (χ1v) is 6.23. The number of nitrogens with two attached hydrogens (primary N) is 1. The van der Waals surface area contributed by atoms with Crippen LogP contribution in [0.2, 0.25) is 0 Å². The standard InChI is InChI=1S/C15H19N3O/c1-11-3-5-12(6-4-11)7-15(18-16)13-8-14(19-2)10-17-9-13/h3-6,8-10,15,18H,7,16H2,1-2H3. The fraction of sp³-hybridized carbons (Fsp3) is 0.267. The minimum atomic E-state index is 0.0188. The predicted molar refractivity (Wildman–Crippen MR) is 75.7 cm³/mol. The molecule has 3 N–H and O–H groups in total. The zero-order valence-corrected chi connectivity index (χ0v) is 11.3. The van der Waals surface area contributed by atoms with Crippen molar-refractivity contribution in [3.05, 3.63) is 59.4 Å². The van der Waals surface area contributed by atoms with E-state index in [-0.39, 0.29) is 6.04 Å². The first-order chi connectivity index (χ1) is 9.22. The van der Waals surface area contributed by atoms with Crippen LogP contribution in [0.15, 0.2) is 42.7 Å². The van der Waals surface area contributed by atoms with Gasteiger partial charge in [-0.3, -0.25) is 16.3 Å². The van der Waals surface area contributed by atoms with Crippen LogP contribution in [0.4, 0.5) is 0 Å². The Morgan fingerprint density at radius 1 is 1.26 bits per heavy atom. The fourth-order valence-electron chi connectivity index (χ4n) is 1.97. The summed E-state index contributed by atoms with van der Waals surface area (Å²) >= 11 is 0. The van der Waals surface area contributed by atoms with Crippen LogP contribution in [-0.4, -0.2) is 12.1 Å². The van der Waals surface area contributed by atoms with Gasteiger partial charge in [0.05, 0.1) is 19.3 Å². The molecule has 4 heteroatoms. The summed E-state index contributed by atoms with van der Waals surface area (Å²) < 4.78 is 5.18. The number of hydrazine groups is 1. The van der Waals surface area contributed by atoms with Crippen LogP contribution in [0.1, 0.15) is 22.7 Å². The molecule has 1 aromatic heterocycles. The number of ether oxygens (including phenoxy) is 1. The average Bonchev–Trinajstić information content (AvgIpc) is 2.46. The number of nitrogens with zero attached hydrogens (tertiary/aromatic N) is 1. The van der Waals surface area contributed by atoms with Gasteiger partial charge in [-0.05, 0) is 30.5 Å². The SMILES string of the molecule is COc1cncc(C(Cc2ccc(C)cc2)NN)c1. The second-order valence-corrected chi connectivity index (χ2v) is 4.57. The van der Waals surface area contributed by atoms with Crippen molar-refractivity contribution < 1.29 is 4.74 Å². The number of benzene rings is 1. The summed E-state index contributed by atoms with van der Waals surface area (Å²) in [6, 6.07) is 10.4. The number of hydrogen-bond donors (Lipinski definition) is 2. The maximum absolute atomic E-state index is 5.66. The van der Waals surface area contributed by atoms with Crippen LogP contribution in [0.3, 0.4) is 0 Å². The number of aryl methyl sites for hydroxylation is 1. The molecule has 2 aromatic rings. The van der Waals surface area contributed by atoms with Crippen molar-refractivity contribution in [1.82, 2.24) is 10.4 Å². The molecule has 1 atom stereocenters. The summed E-state index contributed by atoms with van der Waals surface area (Å²) in [5, 5.41) is 0. The van der Waals surface area contributed by atoms with Crippen molar-refractivity contribution in [2.45, 2.75) is 19.4 Å². The van der Waals surface area contributed by atoms with E-state index in [1.165, 1.54) is 11.1 Å². The summed E-state index contributed by atoms with van der Waals surface area (Å²) in [4.78, 5) is 4.16. The van der Waals surface area contributed by atoms with Gasteiger partial charge >= 0.3 is 0 Å². The number of hydrogen-bond acceptors (Lipinski definition) is 4. The zero-order chi connectivity index (χ0) is 13.7. The van der Waals surface area contributed by atoms with Crippen LogP contribution in [0.5, 0.6) is 5.75 Å². The van der Waals surface area contributed by atoms with Crippen molar-refractivity contribution >= 4 is 0 Å². The number of nitrogens with one attached hydrogen (secondary N) is 1. The number of aromatic nitrogens is 1. The van der Waals surface area contributed by atoms with E-state index in [0.29, 0.717) is 0 Å². The molecule has 0 bridgehead atoms. The smallest absolute Gasteiger partial charge is 0.137 e. The second kappa shape index (κ2) is 6.31. The molecule has 2 rings (SSSR count). The van der Waals surface area contributed by atoms with Crippen LogP contribution in [0.25, 0.3) is 0 Å². The Kier molecular flexibility index (Phi) is 4.49. The van der Waals surface area contributed by atoms with Gasteiger partial charge in [-0.1, -0.05) is 29.8 Å². The molecule has 0 fully saturated rings. The molecule has 0 aliphatic heterocycles. The molecule has 1 heterocycles. The zero-order valence-electron chi connectivity index (χ0n) is 11.3. The van der Waals surface area contributed by atoms with Gasteiger partial charge < -0.3 is 4.74 Å². The molecule has 100 valence electrons. The Hall–Kier alpha value is -1.91. The molecule has 0 saturated carbocycles. The lowest BCUT2D eigenvalue weighted by atomic mass is 10.00. The monoisotopic (exact) mass is 257 g/mol. The largest absolute Gasteiger partial charge is 0.495 e. The van der Waals surface area contributed by atoms with E-state index in [9.17, 15) is 0 Å². The number of methoxy groups -OCH3 is 1. The van der Waals surface area contributed by atoms with Gasteiger partial charge in [-0.25, -0.2) is 0 Å². The van der Waals surface area contributed by atoms with E-state index in [2.05, 4.69) is 41.6 Å². The summed E-state index contributed by atoms with van der Waals surface area (Å²) in [5.41, 5.74) is 6.34. The number of pyridine rings is 1. The van der Waals surface area contributed by atoms with Crippen molar-refractivity contribution in [2.24, 2.45) is 5.84 Å². The van der Waals surface area contributed by atoms with Crippen molar-refractivity contribution in [3.63, 3.8) is 0 Å². The Bertz CT molecular complexity index is 525. The van der Waals surface area contributed by atoms with Crippen molar-refractivity contribution in [1.29, 1.82) is 0 Å². The quantitative estimate of drug-likeness (QED) is 0.636. The Morgan fingerprint density at radius 2 is 2.00 bits per heavy atom. The molecule has 1 unspecified atom stereocenters. The van der Waals surface area contributed by atoms with Gasteiger partial charge in [0.25, 0.3) is 0 Å². The predicted octanol–water partition coefficient (Wildman–Crippen LogP) is 2.15. The van der Waals surface area contributed by atoms with E-state index in [0.717, 1.165) is 17.7 Å². The Labute approximate surface area is 113 Å². The summed E-state index contributed by atoms with van der Waals surface area (Å²) in [6.07, 6.45) is 4.30. The lowest BCUT2D eigenvalue weighted by molar-refractivity contribution is 0.410. The van der Waals surface area contributed by atoms with Gasteiger partial charge in [-0.2, -0.15) is 0 Å². The van der Waals surface area contributed by atoms with Crippen LogP contribution < -0.4 is 16.0 Å². The van der Waals surface area contributed by atoms with E-state index in [4.69, 9.17) is 10.6 Å². The summed E-state index contributed by atoms with van der Waals surface area (Å²) in [6.45, 7) is 2.08. The van der Waals surface area contributed by atoms with Crippen molar-refractivity contribution in [2.75, 3.05) is 7.11 Å². The van der Waals surface area contributed by atoms with E-state index < -0.39 is 0 Å². The minimum Gasteiger partial charge on any atom is -0.495 e. The molecule has 4 nitrogen and oxygen atoms in total. The lowest BCUT2D eigenvalue weighted by Crippen LogP contribution is -2.29. The maximum Gasteiger partial charge on any atom is 0.137 e. The van der Waals surface area contributed by atoms with Gasteiger partial charge in [0.15, 0.2) is 0 Å². The highest BCUT2D eigenvalue weighted by atomic mass is 16.5. The van der Waals surface area contributed by atoms with Crippen LogP contribution in [-0.2, 0) is 6.42 Å². The third kappa shape index (κ3) is 3.53. The molecule has 0 radical (unpaired) electrons. The molecule has 19 heavy (non-hydrogen) atoms. The normalized spacial score (nSPS) is 12.2. The average molecular weight is 257 g/mol. The highest BCUT2D eigenvalue weighted by Crippen LogP contribution is 2.20. The van der Waals surface area contributed by atoms with Gasteiger partial charge in [0.2, 0.25) is 0 Å². The second-order valence-electron chi connectivity index (χ2n) is 4.57. The van der Waals surface area contributed by atoms with E-state index >= 15 is 0 Å². The van der Waals surface area contributed by atoms with Crippen molar-refractivity contribution in [3.8, 4) is 5.75 Å². The molecule has 0 spiro atoms. The molecule has 0 aliphatic rings. The number of rotatable bonds is 5. The Balaban J connectivity index is 2.17. The topological polar surface area (TPSA) is 60.2 Å². The third-order valence-electron chi connectivity index (χ3n) is 3.13. The molecule has 0 saturated heterocycles. The Morgan fingerprint density at radius 3 is 2.63 bits per heavy atom. The minimum absolute atomic E-state index is 0.0188. The third-order valence-corrected chi connectivity index (χ3v) is 3.13. The van der Waals surface area contributed by atoms with Gasteiger partial charge in [0, 0.05) is 6.20 Å². The van der Waals surface area contributed by atoms with Crippen LogP contribution in [0, 0.1) is 6.92 Å². The first kappa shape index (κ1) is 13.5. The first-order valence-electron chi connectivity index (χ1n) is 6.23. The highest BCUT2D eigenvalue weighted by molar-refractivity contribution is 5.28.